The van der Waals surface area contributed by atoms with Gasteiger partial charge in [-0.05, 0) is 63.0 Å². The van der Waals surface area contributed by atoms with Crippen LogP contribution in [0.2, 0.25) is 0 Å². The number of likely N-dealkylation sites (N-methyl/N-ethyl adjacent to an activating group) is 1. The molecule has 1 aliphatic rings. The molecule has 150 valence electrons. The Hall–Kier alpha value is -2.53. The molecular weight excluding hydrogens is 350 g/mol. The molecule has 0 bridgehead atoms. The number of benzene rings is 2. The molecule has 0 aromatic heterocycles. The average molecular weight is 382 g/mol. The van der Waals surface area contributed by atoms with E-state index in [-0.39, 0.29) is 12.1 Å². The van der Waals surface area contributed by atoms with Crippen LogP contribution >= 0.6 is 0 Å². The molecule has 2 aromatic rings. The van der Waals surface area contributed by atoms with E-state index in [0.29, 0.717) is 18.2 Å². The van der Waals surface area contributed by atoms with Gasteiger partial charge in [-0.15, -0.1) is 0 Å². The number of hydrogen-bond acceptors (Lipinski definition) is 3. The van der Waals surface area contributed by atoms with E-state index < -0.39 is 0 Å². The van der Waals surface area contributed by atoms with Gasteiger partial charge in [0.1, 0.15) is 5.75 Å². The van der Waals surface area contributed by atoms with Gasteiger partial charge in [-0.25, -0.2) is 4.79 Å². The Labute approximate surface area is 168 Å². The number of carbonyl (C=O) groups is 1. The zero-order valence-corrected chi connectivity index (χ0v) is 17.1. The van der Waals surface area contributed by atoms with Crippen LogP contribution in [0.4, 0.5) is 4.79 Å². The van der Waals surface area contributed by atoms with Crippen molar-refractivity contribution in [3.05, 3.63) is 65.2 Å². The van der Waals surface area contributed by atoms with Gasteiger partial charge < -0.3 is 20.2 Å². The first kappa shape index (κ1) is 20.2. The highest BCUT2D eigenvalue weighted by atomic mass is 16.3. The van der Waals surface area contributed by atoms with Gasteiger partial charge in [-0.3, -0.25) is 0 Å². The summed E-state index contributed by atoms with van der Waals surface area (Å²) >= 11 is 0. The van der Waals surface area contributed by atoms with Crippen molar-refractivity contribution in [2.24, 2.45) is 0 Å². The Morgan fingerprint density at radius 3 is 2.46 bits per heavy atom. The van der Waals surface area contributed by atoms with E-state index in [0.717, 1.165) is 31.5 Å². The van der Waals surface area contributed by atoms with Gasteiger partial charge in [-0.1, -0.05) is 42.0 Å². The van der Waals surface area contributed by atoms with Gasteiger partial charge in [0.2, 0.25) is 0 Å². The lowest BCUT2D eigenvalue weighted by atomic mass is 9.89. The van der Waals surface area contributed by atoms with Crippen molar-refractivity contribution in [3.8, 4) is 5.75 Å². The minimum Gasteiger partial charge on any atom is -0.508 e. The fraction of sp³-hybridized carbons (Fsp3) is 0.435. The third kappa shape index (κ3) is 5.04. The lowest BCUT2D eigenvalue weighted by molar-refractivity contribution is 0.177. The molecule has 1 unspecified atom stereocenters. The van der Waals surface area contributed by atoms with E-state index in [4.69, 9.17) is 0 Å². The molecule has 3 rings (SSSR count). The van der Waals surface area contributed by atoms with Crippen LogP contribution in [0.1, 0.15) is 41.5 Å². The van der Waals surface area contributed by atoms with E-state index in [1.807, 2.05) is 31.1 Å². The van der Waals surface area contributed by atoms with Crippen molar-refractivity contribution in [3.63, 3.8) is 0 Å². The second-order valence-corrected chi connectivity index (χ2v) is 7.93. The number of piperidine rings is 1. The van der Waals surface area contributed by atoms with Crippen LogP contribution in [-0.4, -0.2) is 54.7 Å². The molecule has 5 heteroatoms. The van der Waals surface area contributed by atoms with Crippen LogP contribution in [0.3, 0.4) is 0 Å². The molecule has 0 aliphatic carbocycles. The van der Waals surface area contributed by atoms with E-state index in [9.17, 15) is 9.90 Å². The van der Waals surface area contributed by atoms with Crippen molar-refractivity contribution in [2.75, 3.05) is 33.7 Å². The monoisotopic (exact) mass is 381 g/mol. The summed E-state index contributed by atoms with van der Waals surface area (Å²) in [7, 11) is 4.08. The number of aryl methyl sites for hydroxylation is 1. The Bertz CT molecular complexity index is 781. The maximum absolute atomic E-state index is 12.7. The summed E-state index contributed by atoms with van der Waals surface area (Å²) in [5.41, 5.74) is 3.60. The number of nitrogens with zero attached hydrogens (tertiary/aromatic N) is 2. The molecular formula is C23H31N3O2. The Balaban J connectivity index is 1.53. The highest BCUT2D eigenvalue weighted by molar-refractivity contribution is 5.74. The molecule has 0 radical (unpaired) electrons. The first-order valence-corrected chi connectivity index (χ1v) is 9.98. The fourth-order valence-corrected chi connectivity index (χ4v) is 3.88. The number of amides is 2. The molecule has 2 aromatic carbocycles. The van der Waals surface area contributed by atoms with E-state index in [2.05, 4.69) is 47.5 Å². The van der Waals surface area contributed by atoms with Gasteiger partial charge in [0.15, 0.2) is 0 Å². The number of phenolic OH excluding ortho intramolecular Hbond substituents is 1. The van der Waals surface area contributed by atoms with Gasteiger partial charge in [0.05, 0.1) is 6.04 Å². The minimum atomic E-state index is 0.00770. The normalized spacial score (nSPS) is 16.2. The van der Waals surface area contributed by atoms with Gasteiger partial charge in [0.25, 0.3) is 0 Å². The summed E-state index contributed by atoms with van der Waals surface area (Å²) in [6.07, 6.45) is 1.85. The summed E-state index contributed by atoms with van der Waals surface area (Å²) < 4.78 is 0. The maximum atomic E-state index is 12.7. The van der Waals surface area contributed by atoms with Crippen LogP contribution in [0.15, 0.2) is 48.5 Å². The van der Waals surface area contributed by atoms with Crippen LogP contribution in [0.5, 0.6) is 5.75 Å². The molecule has 0 spiro atoms. The molecule has 1 saturated heterocycles. The Kier molecular flexibility index (Phi) is 6.57. The van der Waals surface area contributed by atoms with Crippen LogP contribution in [-0.2, 0) is 0 Å². The molecule has 5 nitrogen and oxygen atoms in total. The zero-order valence-electron chi connectivity index (χ0n) is 17.1. The molecule has 1 atom stereocenters. The first-order valence-electron chi connectivity index (χ1n) is 9.98. The summed E-state index contributed by atoms with van der Waals surface area (Å²) in [4.78, 5) is 16.7. The van der Waals surface area contributed by atoms with Gasteiger partial charge in [-0.2, -0.15) is 0 Å². The third-order valence-electron chi connectivity index (χ3n) is 5.66. The zero-order chi connectivity index (χ0) is 20.1. The fourth-order valence-electron chi connectivity index (χ4n) is 3.88. The largest absolute Gasteiger partial charge is 0.508 e. The van der Waals surface area contributed by atoms with Crippen molar-refractivity contribution in [2.45, 2.75) is 31.7 Å². The van der Waals surface area contributed by atoms with Crippen molar-refractivity contribution < 1.29 is 9.90 Å². The number of carbonyl (C=O) groups excluding carboxylic acids is 1. The number of hydrogen-bond donors (Lipinski definition) is 2. The predicted octanol–water partition coefficient (Wildman–Crippen LogP) is 3.89. The lowest BCUT2D eigenvalue weighted by Gasteiger charge is -2.33. The standard InChI is InChI=1S/C23H31N3O2/c1-17-7-9-19(10-8-17)22(25(2)3)16-24-23(28)26-13-11-18(12-14-26)20-5-4-6-21(27)15-20/h4-10,15,18,22,27H,11-14,16H2,1-3H3,(H,24,28). The van der Waals surface area contributed by atoms with Crippen molar-refractivity contribution in [1.29, 1.82) is 0 Å². The molecule has 1 aliphatic heterocycles. The smallest absolute Gasteiger partial charge is 0.317 e. The second-order valence-electron chi connectivity index (χ2n) is 7.93. The SMILES string of the molecule is Cc1ccc(C(CNC(=O)N2CCC(c3cccc(O)c3)CC2)N(C)C)cc1. The van der Waals surface area contributed by atoms with Crippen molar-refractivity contribution in [1.82, 2.24) is 15.1 Å². The second kappa shape index (κ2) is 9.11. The molecule has 1 fully saturated rings. The topological polar surface area (TPSA) is 55.8 Å². The van der Waals surface area contributed by atoms with Crippen LogP contribution in [0.25, 0.3) is 0 Å². The van der Waals surface area contributed by atoms with E-state index >= 15 is 0 Å². The van der Waals surface area contributed by atoms with Crippen LogP contribution < -0.4 is 5.32 Å². The van der Waals surface area contributed by atoms with Crippen molar-refractivity contribution >= 4 is 6.03 Å². The lowest BCUT2D eigenvalue weighted by Crippen LogP contribution is -2.46. The number of likely N-dealkylation sites (tertiary alicyclic amines) is 1. The summed E-state index contributed by atoms with van der Waals surface area (Å²) in [5, 5.41) is 12.8. The molecule has 2 N–H and O–H groups in total. The third-order valence-corrected chi connectivity index (χ3v) is 5.66. The summed E-state index contributed by atoms with van der Waals surface area (Å²) in [6.45, 7) is 4.14. The highest BCUT2D eigenvalue weighted by Gasteiger charge is 2.25. The Morgan fingerprint density at radius 1 is 1.18 bits per heavy atom. The molecule has 2 amide bonds. The highest BCUT2D eigenvalue weighted by Crippen LogP contribution is 2.29. The van der Waals surface area contributed by atoms with Gasteiger partial charge in [0, 0.05) is 19.6 Å². The number of nitrogens with one attached hydrogen (secondary N) is 1. The van der Waals surface area contributed by atoms with Crippen LogP contribution in [0, 0.1) is 6.92 Å². The number of urea groups is 1. The number of phenols is 1. The molecule has 28 heavy (non-hydrogen) atoms. The predicted molar refractivity (Wildman–Crippen MR) is 113 cm³/mol. The summed E-state index contributed by atoms with van der Waals surface area (Å²) in [5.74, 6) is 0.710. The summed E-state index contributed by atoms with van der Waals surface area (Å²) in [6, 6.07) is 16.1. The molecule has 0 saturated carbocycles. The van der Waals surface area contributed by atoms with E-state index in [1.165, 1.54) is 11.1 Å². The Morgan fingerprint density at radius 2 is 1.86 bits per heavy atom. The molecule has 1 heterocycles. The maximum Gasteiger partial charge on any atom is 0.317 e. The quantitative estimate of drug-likeness (QED) is 0.826. The number of aromatic hydroxyl groups is 1. The number of rotatable bonds is 5. The minimum absolute atomic E-state index is 0.00770. The van der Waals surface area contributed by atoms with Gasteiger partial charge >= 0.3 is 6.03 Å². The average Bonchev–Trinajstić information content (AvgIpc) is 2.69. The first-order chi connectivity index (χ1) is 13.4. The van der Waals surface area contributed by atoms with E-state index in [1.54, 1.807) is 6.07 Å².